The zero-order valence-electron chi connectivity index (χ0n) is 7.19. The average Bonchev–Trinajstić information content (AvgIpc) is 2.35. The van der Waals surface area contributed by atoms with E-state index < -0.39 is 12.2 Å². The van der Waals surface area contributed by atoms with Crippen molar-refractivity contribution in [1.82, 2.24) is 5.06 Å². The van der Waals surface area contributed by atoms with E-state index in [4.69, 9.17) is 14.7 Å². The van der Waals surface area contributed by atoms with Crippen LogP contribution in [0.25, 0.3) is 0 Å². The van der Waals surface area contributed by atoms with Crippen molar-refractivity contribution in [3.05, 3.63) is 0 Å². The number of nitrogens with zero attached hydrogens (tertiary/aromatic N) is 1. The van der Waals surface area contributed by atoms with E-state index in [1.807, 2.05) is 6.92 Å². The van der Waals surface area contributed by atoms with Crippen molar-refractivity contribution in [1.29, 1.82) is 0 Å². The molecule has 0 bridgehead atoms. The maximum atomic E-state index is 10.9. The number of ether oxygens (including phenoxy) is 2. The van der Waals surface area contributed by atoms with Crippen molar-refractivity contribution >= 4 is 5.91 Å². The second kappa shape index (κ2) is 3.84. The Bertz CT molecular complexity index is 171. The van der Waals surface area contributed by atoms with Crippen molar-refractivity contribution in [2.45, 2.75) is 25.7 Å². The van der Waals surface area contributed by atoms with Crippen molar-refractivity contribution < 1.29 is 19.5 Å². The highest BCUT2D eigenvalue weighted by Crippen LogP contribution is 2.14. The van der Waals surface area contributed by atoms with Crippen LogP contribution in [0.15, 0.2) is 0 Å². The highest BCUT2D eigenvalue weighted by molar-refractivity contribution is 5.74. The Morgan fingerprint density at radius 3 is 2.83 bits per heavy atom. The SMILES string of the molecule is CC1COC(CC(=O)N(C)O)O1. The Morgan fingerprint density at radius 1 is 1.75 bits per heavy atom. The van der Waals surface area contributed by atoms with Gasteiger partial charge in [0.15, 0.2) is 6.29 Å². The lowest BCUT2D eigenvalue weighted by Crippen LogP contribution is -2.27. The fourth-order valence-electron chi connectivity index (χ4n) is 0.962. The Hall–Kier alpha value is -0.650. The molecular weight excluding hydrogens is 162 g/mol. The number of carbonyl (C=O) groups excluding carboxylic acids is 1. The summed E-state index contributed by atoms with van der Waals surface area (Å²) in [5, 5.41) is 9.26. The van der Waals surface area contributed by atoms with E-state index in [1.54, 1.807) is 0 Å². The van der Waals surface area contributed by atoms with E-state index in [0.29, 0.717) is 11.7 Å². The maximum Gasteiger partial charge on any atom is 0.250 e. The molecule has 2 unspecified atom stereocenters. The molecule has 0 saturated carbocycles. The number of amides is 1. The quantitative estimate of drug-likeness (QED) is 0.473. The van der Waals surface area contributed by atoms with Gasteiger partial charge in [0.1, 0.15) is 0 Å². The second-order valence-electron chi connectivity index (χ2n) is 2.83. The lowest BCUT2D eigenvalue weighted by molar-refractivity contribution is -0.167. The van der Waals surface area contributed by atoms with Crippen LogP contribution in [-0.4, -0.2) is 42.2 Å². The zero-order valence-corrected chi connectivity index (χ0v) is 7.19. The molecule has 1 amide bonds. The molecule has 0 aromatic carbocycles. The summed E-state index contributed by atoms with van der Waals surface area (Å²) in [7, 11) is 1.28. The first kappa shape index (κ1) is 9.44. The topological polar surface area (TPSA) is 59.0 Å². The number of hydrogen-bond acceptors (Lipinski definition) is 4. The van der Waals surface area contributed by atoms with Gasteiger partial charge in [0.2, 0.25) is 0 Å². The predicted molar refractivity (Wildman–Crippen MR) is 39.5 cm³/mol. The molecule has 2 atom stereocenters. The summed E-state index contributed by atoms with van der Waals surface area (Å²) < 4.78 is 10.3. The van der Waals surface area contributed by atoms with Gasteiger partial charge in [0, 0.05) is 7.05 Å². The highest BCUT2D eigenvalue weighted by Gasteiger charge is 2.25. The molecule has 1 heterocycles. The minimum absolute atomic E-state index is 0.0341. The number of hydrogen-bond donors (Lipinski definition) is 1. The van der Waals surface area contributed by atoms with Crippen LogP contribution >= 0.6 is 0 Å². The molecule has 0 aliphatic carbocycles. The monoisotopic (exact) mass is 175 g/mol. The molecule has 70 valence electrons. The van der Waals surface area contributed by atoms with Crippen LogP contribution in [0.3, 0.4) is 0 Å². The van der Waals surface area contributed by atoms with Crippen molar-refractivity contribution in [3.63, 3.8) is 0 Å². The van der Waals surface area contributed by atoms with Crippen LogP contribution in [0, 0.1) is 0 Å². The molecule has 1 saturated heterocycles. The van der Waals surface area contributed by atoms with Crippen LogP contribution in [0.2, 0.25) is 0 Å². The van der Waals surface area contributed by atoms with Gasteiger partial charge >= 0.3 is 0 Å². The summed E-state index contributed by atoms with van der Waals surface area (Å²) >= 11 is 0. The minimum Gasteiger partial charge on any atom is -0.349 e. The number of hydroxylamine groups is 2. The van der Waals surface area contributed by atoms with Crippen LogP contribution < -0.4 is 0 Å². The predicted octanol–water partition coefficient (Wildman–Crippen LogP) is -0.0145. The van der Waals surface area contributed by atoms with Crippen LogP contribution in [-0.2, 0) is 14.3 Å². The third-order valence-electron chi connectivity index (χ3n) is 1.60. The van der Waals surface area contributed by atoms with Crippen molar-refractivity contribution in [2.75, 3.05) is 13.7 Å². The molecule has 1 aliphatic rings. The minimum atomic E-state index is -0.498. The summed E-state index contributed by atoms with van der Waals surface area (Å²) in [6, 6.07) is 0. The zero-order chi connectivity index (χ0) is 9.14. The molecule has 0 aromatic rings. The second-order valence-corrected chi connectivity index (χ2v) is 2.83. The molecule has 0 aromatic heterocycles. The molecule has 12 heavy (non-hydrogen) atoms. The molecule has 1 aliphatic heterocycles. The maximum absolute atomic E-state index is 10.9. The standard InChI is InChI=1S/C7H13NO4/c1-5-4-11-7(12-5)3-6(9)8(2)10/h5,7,10H,3-4H2,1-2H3. The first-order chi connectivity index (χ1) is 5.59. The third-order valence-corrected chi connectivity index (χ3v) is 1.60. The normalized spacial score (nSPS) is 28.9. The molecule has 1 fully saturated rings. The molecule has 5 nitrogen and oxygen atoms in total. The summed E-state index contributed by atoms with van der Waals surface area (Å²) in [5.74, 6) is -0.408. The lowest BCUT2D eigenvalue weighted by Gasteiger charge is -2.12. The molecule has 1 rings (SSSR count). The summed E-state index contributed by atoms with van der Waals surface area (Å²) in [4.78, 5) is 10.9. The Labute approximate surface area is 70.8 Å². The first-order valence-corrected chi connectivity index (χ1v) is 3.82. The summed E-state index contributed by atoms with van der Waals surface area (Å²) in [6.07, 6.45) is -0.397. The Morgan fingerprint density at radius 2 is 2.42 bits per heavy atom. The Kier molecular flexibility index (Phi) is 3.02. The van der Waals surface area contributed by atoms with E-state index >= 15 is 0 Å². The number of rotatable bonds is 2. The molecular formula is C7H13NO4. The first-order valence-electron chi connectivity index (χ1n) is 3.82. The van der Waals surface area contributed by atoms with Gasteiger partial charge in [-0.05, 0) is 6.92 Å². The van der Waals surface area contributed by atoms with Gasteiger partial charge in [-0.3, -0.25) is 10.0 Å². The molecule has 0 spiro atoms. The molecule has 5 heteroatoms. The van der Waals surface area contributed by atoms with Crippen molar-refractivity contribution in [2.24, 2.45) is 0 Å². The van der Waals surface area contributed by atoms with Crippen LogP contribution in [0.1, 0.15) is 13.3 Å². The van der Waals surface area contributed by atoms with Crippen molar-refractivity contribution in [3.8, 4) is 0 Å². The van der Waals surface area contributed by atoms with E-state index in [-0.39, 0.29) is 12.5 Å². The van der Waals surface area contributed by atoms with Gasteiger partial charge in [-0.15, -0.1) is 0 Å². The average molecular weight is 175 g/mol. The largest absolute Gasteiger partial charge is 0.349 e. The highest BCUT2D eigenvalue weighted by atomic mass is 16.7. The van der Waals surface area contributed by atoms with E-state index in [9.17, 15) is 4.79 Å². The number of carbonyl (C=O) groups is 1. The molecule has 0 radical (unpaired) electrons. The van der Waals surface area contributed by atoms with E-state index in [2.05, 4.69) is 0 Å². The fraction of sp³-hybridized carbons (Fsp3) is 0.857. The van der Waals surface area contributed by atoms with Gasteiger partial charge in [0.25, 0.3) is 5.91 Å². The lowest BCUT2D eigenvalue weighted by atomic mass is 10.4. The van der Waals surface area contributed by atoms with Gasteiger partial charge in [-0.25, -0.2) is 5.06 Å². The summed E-state index contributed by atoms with van der Waals surface area (Å²) in [5.41, 5.74) is 0. The molecule has 1 N–H and O–H groups in total. The third kappa shape index (κ3) is 2.44. The van der Waals surface area contributed by atoms with Crippen LogP contribution in [0.4, 0.5) is 0 Å². The van der Waals surface area contributed by atoms with Crippen LogP contribution in [0.5, 0.6) is 0 Å². The fourth-order valence-corrected chi connectivity index (χ4v) is 0.962. The van der Waals surface area contributed by atoms with Gasteiger partial charge in [-0.2, -0.15) is 0 Å². The van der Waals surface area contributed by atoms with Gasteiger partial charge in [0.05, 0.1) is 19.1 Å². The van der Waals surface area contributed by atoms with E-state index in [0.717, 1.165) is 0 Å². The van der Waals surface area contributed by atoms with Gasteiger partial charge in [-0.1, -0.05) is 0 Å². The van der Waals surface area contributed by atoms with E-state index in [1.165, 1.54) is 7.05 Å². The van der Waals surface area contributed by atoms with Gasteiger partial charge < -0.3 is 9.47 Å². The summed E-state index contributed by atoms with van der Waals surface area (Å²) in [6.45, 7) is 2.38. The Balaban J connectivity index is 2.28. The smallest absolute Gasteiger partial charge is 0.250 e.